The van der Waals surface area contributed by atoms with E-state index in [0.717, 1.165) is 21.1 Å². The fraction of sp³-hybridized carbons (Fsp3) is 0.167. The lowest BCUT2D eigenvalue weighted by Gasteiger charge is -2.14. The van der Waals surface area contributed by atoms with Crippen LogP contribution in [0.25, 0.3) is 10.2 Å². The van der Waals surface area contributed by atoms with Gasteiger partial charge in [0, 0.05) is 28.7 Å². The molecule has 0 bridgehead atoms. The number of hydrogen-bond donors (Lipinski definition) is 2. The van der Waals surface area contributed by atoms with E-state index >= 15 is 0 Å². The Bertz CT molecular complexity index is 1400. The Hall–Kier alpha value is -3.47. The summed E-state index contributed by atoms with van der Waals surface area (Å²) in [5.41, 5.74) is -0.0601. The lowest BCUT2D eigenvalue weighted by atomic mass is 10.2. The molecule has 0 fully saturated rings. The first-order valence-corrected chi connectivity index (χ1v) is 12.0. The van der Waals surface area contributed by atoms with Crippen LogP contribution in [0.4, 0.5) is 5.69 Å². The van der Waals surface area contributed by atoms with E-state index in [1.165, 1.54) is 28.8 Å². The highest BCUT2D eigenvalue weighted by Gasteiger charge is 2.21. The van der Waals surface area contributed by atoms with Gasteiger partial charge in [-0.1, -0.05) is 42.1 Å². The molecule has 4 aromatic rings. The van der Waals surface area contributed by atoms with E-state index in [1.54, 1.807) is 6.07 Å². The molecule has 0 radical (unpaired) electrons. The van der Waals surface area contributed by atoms with Crippen LogP contribution in [0.15, 0.2) is 74.6 Å². The Morgan fingerprint density at radius 2 is 1.88 bits per heavy atom. The molecule has 0 aliphatic rings. The summed E-state index contributed by atoms with van der Waals surface area (Å²) in [5, 5.41) is 13.7. The van der Waals surface area contributed by atoms with E-state index in [9.17, 15) is 19.5 Å². The highest BCUT2D eigenvalue weighted by atomic mass is 32.2. The highest BCUT2D eigenvalue weighted by molar-refractivity contribution is 7.99. The number of methoxy groups -OCH3 is 1. The van der Waals surface area contributed by atoms with Crippen molar-refractivity contribution < 1.29 is 19.4 Å². The van der Waals surface area contributed by atoms with Crippen molar-refractivity contribution in [3.63, 3.8) is 0 Å². The van der Waals surface area contributed by atoms with Gasteiger partial charge in [0.15, 0.2) is 0 Å². The summed E-state index contributed by atoms with van der Waals surface area (Å²) in [7, 11) is 1.53. The van der Waals surface area contributed by atoms with E-state index in [4.69, 9.17) is 4.74 Å². The zero-order chi connectivity index (χ0) is 24.1. The molecule has 0 saturated heterocycles. The van der Waals surface area contributed by atoms with Crippen LogP contribution in [0.1, 0.15) is 16.2 Å². The second-order valence-electron chi connectivity index (χ2n) is 7.26. The van der Waals surface area contributed by atoms with Crippen molar-refractivity contribution in [2.45, 2.75) is 22.8 Å². The van der Waals surface area contributed by atoms with Crippen molar-refractivity contribution in [2.24, 2.45) is 0 Å². The number of fused-ring (bicyclic) bond motifs is 1. The van der Waals surface area contributed by atoms with Gasteiger partial charge >= 0.3 is 5.97 Å². The smallest absolute Gasteiger partial charge is 0.337 e. The lowest BCUT2D eigenvalue weighted by Crippen LogP contribution is -2.32. The molecule has 0 atom stereocenters. The van der Waals surface area contributed by atoms with Crippen molar-refractivity contribution in [2.75, 3.05) is 19.0 Å². The van der Waals surface area contributed by atoms with Crippen molar-refractivity contribution in [3.8, 4) is 0 Å². The molecule has 2 heterocycles. The number of amides is 1. The summed E-state index contributed by atoms with van der Waals surface area (Å²) in [6, 6.07) is 17.2. The predicted octanol–water partition coefficient (Wildman–Crippen LogP) is 4.14. The number of rotatable bonds is 9. The molecule has 0 unspecified atom stereocenters. The van der Waals surface area contributed by atoms with Gasteiger partial charge in [-0.3, -0.25) is 14.2 Å². The number of carbonyl (C=O) groups excluding carboxylic acids is 1. The quantitative estimate of drug-likeness (QED) is 0.359. The summed E-state index contributed by atoms with van der Waals surface area (Å²) >= 11 is 2.60. The van der Waals surface area contributed by atoms with Gasteiger partial charge in [-0.15, -0.1) is 11.3 Å². The molecule has 0 aliphatic carbocycles. The Morgan fingerprint density at radius 1 is 1.15 bits per heavy atom. The molecule has 2 N–H and O–H groups in total. The molecule has 2 aromatic carbocycles. The fourth-order valence-corrected chi connectivity index (χ4v) is 5.22. The summed E-state index contributed by atoms with van der Waals surface area (Å²) in [6.45, 7) is -0.00660. The molecule has 1 amide bonds. The zero-order valence-electron chi connectivity index (χ0n) is 18.2. The fourth-order valence-electron chi connectivity index (χ4n) is 3.38. The monoisotopic (exact) mass is 495 g/mol. The minimum absolute atomic E-state index is 0.00602. The molecule has 174 valence electrons. The number of carboxylic acid groups (broad SMARTS) is 1. The summed E-state index contributed by atoms with van der Waals surface area (Å²) in [6.07, 6.45) is 0.301. The first-order chi connectivity index (χ1) is 16.5. The SMILES string of the molecule is COCCc1nc2scc(C(=O)O)c2c(=O)n1CC(=O)Nc1ccccc1Sc1ccccc1. The number of para-hydroxylation sites is 1. The molecule has 0 aliphatic heterocycles. The zero-order valence-corrected chi connectivity index (χ0v) is 19.8. The number of benzene rings is 2. The third-order valence-electron chi connectivity index (χ3n) is 4.97. The van der Waals surface area contributed by atoms with Crippen LogP contribution in [0.2, 0.25) is 0 Å². The van der Waals surface area contributed by atoms with Crippen molar-refractivity contribution in [1.29, 1.82) is 0 Å². The maximum atomic E-state index is 13.2. The summed E-state index contributed by atoms with van der Waals surface area (Å²) in [4.78, 5) is 44.5. The number of thiophene rings is 1. The van der Waals surface area contributed by atoms with Gasteiger partial charge in [0.1, 0.15) is 17.2 Å². The standard InChI is InChI=1S/C24H21N3O5S2/c1-32-12-11-19-26-22-21(16(14-33-22)24(30)31)23(29)27(19)13-20(28)25-17-9-5-6-10-18(17)34-15-7-3-2-4-8-15/h2-10,14H,11-13H2,1H3,(H,25,28)(H,30,31). The highest BCUT2D eigenvalue weighted by Crippen LogP contribution is 2.33. The minimum atomic E-state index is -1.21. The van der Waals surface area contributed by atoms with Crippen LogP contribution in [-0.2, 0) is 22.5 Å². The molecule has 8 nitrogen and oxygen atoms in total. The largest absolute Gasteiger partial charge is 0.478 e. The number of carboxylic acids is 1. The van der Waals surface area contributed by atoms with Gasteiger partial charge < -0.3 is 15.2 Å². The summed E-state index contributed by atoms with van der Waals surface area (Å²) in [5.74, 6) is -1.27. The van der Waals surface area contributed by atoms with Crippen LogP contribution in [0.3, 0.4) is 0 Å². The van der Waals surface area contributed by atoms with Gasteiger partial charge in [0.05, 0.1) is 23.2 Å². The predicted molar refractivity (Wildman–Crippen MR) is 132 cm³/mol. The first kappa shape index (κ1) is 23.7. The van der Waals surface area contributed by atoms with Crippen molar-refractivity contribution in [3.05, 3.63) is 81.7 Å². The molecule has 2 aromatic heterocycles. The van der Waals surface area contributed by atoms with Crippen LogP contribution in [0, 0.1) is 0 Å². The molecular weight excluding hydrogens is 474 g/mol. The lowest BCUT2D eigenvalue weighted by molar-refractivity contribution is -0.116. The number of ether oxygens (including phenoxy) is 1. The number of aromatic nitrogens is 2. The van der Waals surface area contributed by atoms with Crippen LogP contribution < -0.4 is 10.9 Å². The number of anilines is 1. The van der Waals surface area contributed by atoms with Gasteiger partial charge in [0.2, 0.25) is 5.91 Å². The molecule has 0 saturated carbocycles. The van der Waals surface area contributed by atoms with E-state index in [1.807, 2.05) is 48.5 Å². The third-order valence-corrected chi connectivity index (χ3v) is 6.92. The molecule has 10 heteroatoms. The second-order valence-corrected chi connectivity index (χ2v) is 9.23. The van der Waals surface area contributed by atoms with Crippen LogP contribution in [0.5, 0.6) is 0 Å². The maximum absolute atomic E-state index is 13.2. The average Bonchev–Trinajstić information content (AvgIpc) is 3.26. The first-order valence-electron chi connectivity index (χ1n) is 10.3. The Morgan fingerprint density at radius 3 is 2.62 bits per heavy atom. The molecule has 34 heavy (non-hydrogen) atoms. The van der Waals surface area contributed by atoms with Gasteiger partial charge in [-0.2, -0.15) is 0 Å². The Balaban J connectivity index is 1.64. The number of nitrogens with zero attached hydrogens (tertiary/aromatic N) is 2. The van der Waals surface area contributed by atoms with E-state index in [-0.39, 0.29) is 17.5 Å². The average molecular weight is 496 g/mol. The normalized spacial score (nSPS) is 11.0. The Kier molecular flexibility index (Phi) is 7.41. The number of nitrogens with one attached hydrogen (secondary N) is 1. The minimum Gasteiger partial charge on any atom is -0.478 e. The topological polar surface area (TPSA) is 111 Å². The van der Waals surface area contributed by atoms with Gasteiger partial charge in [-0.25, -0.2) is 9.78 Å². The molecule has 0 spiro atoms. The number of aromatic carboxylic acids is 1. The van der Waals surface area contributed by atoms with Gasteiger partial charge in [0.25, 0.3) is 5.56 Å². The third kappa shape index (κ3) is 5.19. The van der Waals surface area contributed by atoms with E-state index in [2.05, 4.69) is 10.3 Å². The molecule has 4 rings (SSSR count). The van der Waals surface area contributed by atoms with Crippen molar-refractivity contribution >= 4 is 50.9 Å². The van der Waals surface area contributed by atoms with Gasteiger partial charge in [-0.05, 0) is 24.3 Å². The number of carbonyl (C=O) groups is 2. The van der Waals surface area contributed by atoms with E-state index in [0.29, 0.717) is 29.4 Å². The van der Waals surface area contributed by atoms with Crippen LogP contribution >= 0.6 is 23.1 Å². The molecular formula is C24H21N3O5S2. The number of hydrogen-bond acceptors (Lipinski definition) is 7. The van der Waals surface area contributed by atoms with Crippen molar-refractivity contribution in [1.82, 2.24) is 9.55 Å². The second kappa shape index (κ2) is 10.6. The van der Waals surface area contributed by atoms with E-state index < -0.39 is 17.4 Å². The summed E-state index contributed by atoms with van der Waals surface area (Å²) < 4.78 is 6.34. The maximum Gasteiger partial charge on any atom is 0.337 e. The van der Waals surface area contributed by atoms with Crippen LogP contribution in [-0.4, -0.2) is 40.3 Å². The Labute approximate surface area is 203 Å².